The number of halogens is 1. The molecule has 0 atom stereocenters. The Balaban J connectivity index is 0.000000223. The van der Waals surface area contributed by atoms with Gasteiger partial charge in [-0.15, -0.1) is 0 Å². The summed E-state index contributed by atoms with van der Waals surface area (Å²) in [7, 11) is 1.40. The Labute approximate surface area is 822 Å². The zero-order valence-electron chi connectivity index (χ0n) is 71.2. The standard InChI is InChI=1S/C30H37N5O3.C27H31N5O3.C16H22N4O3.C14H16BrN.CH2O3.CH4.2Cs.H/c1-5-6-10-24-23-11-8-7-9-21(23)18-32-25(24)20-34-27-19-31-15-12-26(27)35(28(34)36)22-13-16-33(17-14-22)29(37)38-30(2,3)4;1-3-4-8-22-21-9-6-5-7-19(21)16-29-23(22)18-31-25-17-28-13-10-24(25)32(26(31)33)20-11-14-30(15-12-20)27(34)35-2;1-16(2,3)23-15(22)19-8-5-11(6-9-19)20-13-4-7-17-10-12(13)18-14(20)21;1-2-3-7-13-12-8-5-4-6-11(12)10-16-14(13)9-15;2-1-4-3;;;;/h7-9,11-12,15,18-19,22H,5-6,10,13-14,16-17,20H2,1-4H3;5-7,9-10,13,16-17,20H,3-4,8,11-12,14-15,18H2,1-2H3;4,7,10-11H,5-6,8-9H2,1-3H3,(H,18,21);4-6,8,10H,2-3,7,9H2,1H3;1,3H;1H4;;;/q;;;;;;2*+1;-1/p-1. The summed E-state index contributed by atoms with van der Waals surface area (Å²) in [6.07, 6.45) is 29.3. The molecule has 0 saturated carbocycles. The van der Waals surface area contributed by atoms with Crippen LogP contribution >= 0.6 is 15.9 Å². The van der Waals surface area contributed by atoms with Crippen molar-refractivity contribution in [1.82, 2.24) is 72.4 Å². The van der Waals surface area contributed by atoms with E-state index in [1.807, 2.05) is 109 Å². The van der Waals surface area contributed by atoms with Crippen LogP contribution in [-0.4, -0.2) is 155 Å². The van der Waals surface area contributed by atoms with E-state index in [9.17, 15) is 28.8 Å². The number of aromatic nitrogens is 12. The van der Waals surface area contributed by atoms with Crippen molar-refractivity contribution >= 4 is 106 Å². The number of hydrogen-bond donors (Lipinski definition) is 1. The molecule has 30 heteroatoms. The number of imidazole rings is 3. The second-order valence-electron chi connectivity index (χ2n) is 31.4. The number of aromatic amines is 1. The minimum absolute atomic E-state index is 0. The largest absolute Gasteiger partial charge is 1.00 e. The number of carbonyl (C=O) groups excluding carboxylic acids is 4. The van der Waals surface area contributed by atoms with Crippen LogP contribution in [0.25, 0.3) is 65.4 Å². The van der Waals surface area contributed by atoms with Gasteiger partial charge in [-0.25, -0.2) is 28.8 Å². The summed E-state index contributed by atoms with van der Waals surface area (Å²) in [5, 5.41) is 16.5. The number of fused-ring (bicyclic) bond motifs is 6. The molecule has 15 rings (SSSR count). The van der Waals surface area contributed by atoms with E-state index in [0.29, 0.717) is 78.0 Å². The van der Waals surface area contributed by atoms with Crippen molar-refractivity contribution in [1.29, 1.82) is 0 Å². The van der Waals surface area contributed by atoms with Gasteiger partial charge in [0.1, 0.15) is 11.2 Å². The van der Waals surface area contributed by atoms with Gasteiger partial charge in [0.15, 0.2) is 0 Å². The van der Waals surface area contributed by atoms with E-state index in [-0.39, 0.29) is 207 Å². The summed E-state index contributed by atoms with van der Waals surface area (Å²) in [6, 6.07) is 30.9. The number of ether oxygens (including phenoxy) is 3. The number of H-pyrrole nitrogens is 1. The van der Waals surface area contributed by atoms with E-state index in [0.717, 1.165) is 118 Å². The van der Waals surface area contributed by atoms with Gasteiger partial charge in [-0.1, -0.05) is 136 Å². The molecular weight excluding hydrogens is 1820 g/mol. The van der Waals surface area contributed by atoms with Gasteiger partial charge in [-0.05, 0) is 170 Å². The first kappa shape index (κ1) is 97.4. The molecule has 624 valence electrons. The molecule has 12 heterocycles. The van der Waals surface area contributed by atoms with Crippen molar-refractivity contribution in [2.24, 2.45) is 0 Å². The van der Waals surface area contributed by atoms with Gasteiger partial charge in [0.2, 0.25) is 0 Å². The van der Waals surface area contributed by atoms with Crippen LogP contribution in [0.15, 0.2) is 161 Å². The van der Waals surface area contributed by atoms with E-state index in [1.165, 1.54) is 63.9 Å². The van der Waals surface area contributed by atoms with Crippen LogP contribution in [0.1, 0.15) is 200 Å². The number of aryl methyl sites for hydroxylation is 3. The Morgan fingerprint density at radius 1 is 0.496 bits per heavy atom. The number of pyridine rings is 6. The van der Waals surface area contributed by atoms with Crippen LogP contribution in [0, 0.1) is 0 Å². The molecule has 3 saturated heterocycles. The average Bonchev–Trinajstić information content (AvgIpc) is 1.60. The Bertz CT molecular complexity index is 5560. The molecule has 0 radical (unpaired) electrons. The van der Waals surface area contributed by atoms with Crippen molar-refractivity contribution < 1.29 is 183 Å². The quantitative estimate of drug-likeness (QED) is 0.0274. The zero-order valence-corrected chi connectivity index (χ0v) is 84.3. The number of carbonyl (C=O) groups is 4. The second kappa shape index (κ2) is 46.5. The number of nitrogens with one attached hydrogen (secondary N) is 1. The summed E-state index contributed by atoms with van der Waals surface area (Å²) >= 11 is 3.52. The molecule has 3 fully saturated rings. The average molecular weight is 1930 g/mol. The number of likely N-dealkylation sites (tertiary alicyclic amines) is 3. The molecule has 119 heavy (non-hydrogen) atoms. The van der Waals surface area contributed by atoms with Crippen molar-refractivity contribution in [2.45, 2.75) is 214 Å². The van der Waals surface area contributed by atoms with Crippen molar-refractivity contribution in [3.05, 3.63) is 212 Å². The van der Waals surface area contributed by atoms with Crippen molar-refractivity contribution in [2.75, 3.05) is 46.4 Å². The van der Waals surface area contributed by atoms with E-state index in [2.05, 4.69) is 127 Å². The third-order valence-electron chi connectivity index (χ3n) is 21.4. The number of hydrogen-bond acceptors (Lipinski definition) is 18. The van der Waals surface area contributed by atoms with Gasteiger partial charge >= 0.3 is 173 Å². The number of rotatable bonds is 18. The number of amides is 3. The van der Waals surface area contributed by atoms with Crippen LogP contribution in [0.5, 0.6) is 0 Å². The summed E-state index contributed by atoms with van der Waals surface area (Å²) in [4.78, 5) is 123. The maximum atomic E-state index is 13.9. The molecule has 3 aliphatic heterocycles. The maximum Gasteiger partial charge on any atom is 1.00 e. The molecule has 27 nitrogen and oxygen atoms in total. The van der Waals surface area contributed by atoms with Gasteiger partial charge in [-0.3, -0.25) is 57.5 Å². The molecule has 1 N–H and O–H groups in total. The third-order valence-corrected chi connectivity index (χ3v) is 21.9. The summed E-state index contributed by atoms with van der Waals surface area (Å²) in [5.41, 5.74) is 10.6. The fourth-order valence-corrected chi connectivity index (χ4v) is 16.2. The van der Waals surface area contributed by atoms with Crippen LogP contribution < -0.4 is 160 Å². The summed E-state index contributed by atoms with van der Waals surface area (Å²) in [5.74, 6) is 0. The molecular formula is C89H112BrCs2N15O12. The summed E-state index contributed by atoms with van der Waals surface area (Å²) in [6.45, 7) is 21.8. The number of alkyl halides is 1. The zero-order chi connectivity index (χ0) is 82.6. The van der Waals surface area contributed by atoms with Crippen molar-refractivity contribution in [3.63, 3.8) is 0 Å². The summed E-state index contributed by atoms with van der Waals surface area (Å²) < 4.78 is 25.0. The molecule has 0 aliphatic carbocycles. The number of benzene rings is 3. The van der Waals surface area contributed by atoms with E-state index >= 15 is 0 Å². The molecule has 3 amide bonds. The molecule has 9 aromatic heterocycles. The number of unbranched alkanes of at least 4 members (excludes halogenated alkanes) is 3. The predicted molar refractivity (Wildman–Crippen MR) is 460 cm³/mol. The minimum Gasteiger partial charge on any atom is -1.00 e. The third kappa shape index (κ3) is 24.7. The number of piperidine rings is 3. The molecule has 3 aromatic carbocycles. The Morgan fingerprint density at radius 3 is 1.18 bits per heavy atom. The first-order chi connectivity index (χ1) is 56.0. The van der Waals surface area contributed by atoms with E-state index in [1.54, 1.807) is 56.4 Å². The minimum atomic E-state index is -0.530. The second-order valence-corrected chi connectivity index (χ2v) is 32.0. The van der Waals surface area contributed by atoms with E-state index < -0.39 is 11.2 Å². The smallest absolute Gasteiger partial charge is 1.00 e. The van der Waals surface area contributed by atoms with Crippen LogP contribution in [-0.2, 0) is 61.6 Å². The van der Waals surface area contributed by atoms with Crippen LogP contribution in [0.2, 0.25) is 0 Å². The number of nitrogens with zero attached hydrogens (tertiary/aromatic N) is 14. The Morgan fingerprint density at radius 2 is 0.832 bits per heavy atom. The first-order valence-electron chi connectivity index (χ1n) is 40.3. The molecule has 12 aromatic rings. The monoisotopic (exact) mass is 1930 g/mol. The SMILES string of the molecule is C.CC(C)(C)OC(=O)N1CCC(n2c(=O)[nH]c3cnccc32)CC1.CCCCc1c(CBr)ncc2ccccc12.CCCCc1c(Cn2c(=O)n(C3CCN(C(=O)OC(C)(C)C)CC3)c3ccncc32)ncc2ccccc12.CCCCc1c(Cn2c(=O)n(C3CCN(C(=O)OC)CC3)c3ccncc32)ncc2ccccc12.O=CO[O-].[Cs+].[Cs+].[H-]. The first-order valence-corrected chi connectivity index (χ1v) is 41.4. The molecule has 3 aliphatic rings. The van der Waals surface area contributed by atoms with Gasteiger partial charge in [0.25, 0.3) is 6.47 Å². The topological polar surface area (TPSA) is 307 Å². The van der Waals surface area contributed by atoms with Crippen LogP contribution in [0.4, 0.5) is 14.4 Å². The van der Waals surface area contributed by atoms with E-state index in [4.69, 9.17) is 34.2 Å². The normalized spacial score (nSPS) is 13.9. The molecule has 0 spiro atoms. The van der Waals surface area contributed by atoms with Gasteiger partial charge in [0, 0.05) is 116 Å². The molecule has 0 bridgehead atoms. The Kier molecular flexibility index (Phi) is 38.0. The van der Waals surface area contributed by atoms with Crippen LogP contribution in [0.3, 0.4) is 0 Å². The van der Waals surface area contributed by atoms with Gasteiger partial charge in [-0.2, -0.15) is 0 Å². The fraction of sp³-hybridized carbons (Fsp3) is 0.449. The van der Waals surface area contributed by atoms with Crippen molar-refractivity contribution in [3.8, 4) is 0 Å². The number of methoxy groups -OCH3 is 1. The van der Waals surface area contributed by atoms with Gasteiger partial charge < -0.3 is 45.5 Å². The predicted octanol–water partition coefficient (Wildman–Crippen LogP) is 10.2. The fourth-order valence-electron chi connectivity index (χ4n) is 15.7. The van der Waals surface area contributed by atoms with Gasteiger partial charge in [0.05, 0.1) is 89.0 Å². The maximum absolute atomic E-state index is 13.9. The Hall–Kier alpha value is -7.03. The molecule has 0 unspecified atom stereocenters.